The average molecular weight is 314 g/mol. The van der Waals surface area contributed by atoms with Gasteiger partial charge in [0.25, 0.3) is 0 Å². The van der Waals surface area contributed by atoms with Gasteiger partial charge in [-0.1, -0.05) is 6.92 Å². The van der Waals surface area contributed by atoms with Crippen molar-refractivity contribution in [3.8, 4) is 0 Å². The molecule has 0 aliphatic carbocycles. The Labute approximate surface area is 133 Å². The molecule has 0 bridgehead atoms. The first-order valence-corrected chi connectivity index (χ1v) is 7.94. The van der Waals surface area contributed by atoms with E-state index >= 15 is 0 Å². The number of carbonyl (C=O) groups is 1. The summed E-state index contributed by atoms with van der Waals surface area (Å²) in [7, 11) is 3.44. The summed E-state index contributed by atoms with van der Waals surface area (Å²) in [6, 6.07) is 0. The van der Waals surface area contributed by atoms with E-state index in [0.717, 1.165) is 26.0 Å². The summed E-state index contributed by atoms with van der Waals surface area (Å²) in [5, 5.41) is 15.8. The molecule has 1 amide bonds. The monoisotopic (exact) mass is 314 g/mol. The molecule has 7 nitrogen and oxygen atoms in total. The lowest BCUT2D eigenvalue weighted by Crippen LogP contribution is -2.45. The lowest BCUT2D eigenvalue weighted by Gasteiger charge is -2.27. The predicted octanol–water partition coefficient (Wildman–Crippen LogP) is -0.191. The van der Waals surface area contributed by atoms with Gasteiger partial charge in [-0.15, -0.1) is 0 Å². The third-order valence-corrected chi connectivity index (χ3v) is 3.87. The summed E-state index contributed by atoms with van der Waals surface area (Å²) in [6.07, 6.45) is 2.61. The van der Waals surface area contributed by atoms with Crippen LogP contribution in [0.3, 0.4) is 0 Å². The molecular formula is C15H30N4O3. The number of carbonyl (C=O) groups excluding carboxylic acids is 1. The van der Waals surface area contributed by atoms with E-state index < -0.39 is 0 Å². The first kappa shape index (κ1) is 18.7. The van der Waals surface area contributed by atoms with Crippen LogP contribution in [-0.4, -0.2) is 75.4 Å². The summed E-state index contributed by atoms with van der Waals surface area (Å²) in [5.41, 5.74) is -0.0467. The molecule has 7 heteroatoms. The Bertz CT molecular complexity index is 366. The Morgan fingerprint density at radius 1 is 1.41 bits per heavy atom. The number of rotatable bonds is 8. The summed E-state index contributed by atoms with van der Waals surface area (Å²) in [4.78, 5) is 17.5. The predicted molar refractivity (Wildman–Crippen MR) is 86.9 cm³/mol. The van der Waals surface area contributed by atoms with E-state index in [2.05, 4.69) is 22.5 Å². The lowest BCUT2D eigenvalue weighted by atomic mass is 9.84. The molecule has 1 heterocycles. The Hall–Kier alpha value is -1.34. The van der Waals surface area contributed by atoms with Crippen LogP contribution in [0.2, 0.25) is 0 Å². The zero-order valence-corrected chi connectivity index (χ0v) is 14.0. The number of aliphatic hydroxyl groups excluding tert-OH is 1. The van der Waals surface area contributed by atoms with E-state index in [9.17, 15) is 9.90 Å². The molecule has 0 aromatic rings. The number of amides is 1. The smallest absolute Gasteiger partial charge is 0.243 e. The largest absolute Gasteiger partial charge is 0.396 e. The van der Waals surface area contributed by atoms with Crippen LogP contribution in [0.5, 0.6) is 0 Å². The van der Waals surface area contributed by atoms with Crippen molar-refractivity contribution >= 4 is 11.9 Å². The highest BCUT2D eigenvalue weighted by molar-refractivity contribution is 5.84. The standard InChI is InChI=1S/C15H30N4O3/c1-4-7-16-14(17-10-13(21)19(2)3)18-11-15(5-8-20)6-9-22-12-15/h20H,4-12H2,1-3H3,(H2,16,17,18). The molecule has 1 unspecified atom stereocenters. The van der Waals surface area contributed by atoms with E-state index in [4.69, 9.17) is 4.74 Å². The van der Waals surface area contributed by atoms with Crippen LogP contribution in [-0.2, 0) is 9.53 Å². The molecule has 1 aliphatic rings. The molecule has 1 rings (SSSR count). The third-order valence-electron chi connectivity index (χ3n) is 3.87. The summed E-state index contributed by atoms with van der Waals surface area (Å²) < 4.78 is 5.48. The first-order chi connectivity index (χ1) is 10.5. The SMILES string of the molecule is CCCNC(=NCC(=O)N(C)C)NCC1(CCO)CCOC1. The quantitative estimate of drug-likeness (QED) is 0.427. The summed E-state index contributed by atoms with van der Waals surface area (Å²) in [6.45, 7) is 5.21. The topological polar surface area (TPSA) is 86.2 Å². The van der Waals surface area contributed by atoms with Crippen molar-refractivity contribution in [2.24, 2.45) is 10.4 Å². The molecular weight excluding hydrogens is 284 g/mol. The maximum absolute atomic E-state index is 11.7. The molecule has 0 spiro atoms. The summed E-state index contributed by atoms with van der Waals surface area (Å²) in [5.74, 6) is 0.605. The minimum atomic E-state index is -0.0467. The number of guanidine groups is 1. The molecule has 1 atom stereocenters. The molecule has 0 radical (unpaired) electrons. The van der Waals surface area contributed by atoms with E-state index in [1.54, 1.807) is 14.1 Å². The van der Waals surface area contributed by atoms with Gasteiger partial charge in [-0.2, -0.15) is 0 Å². The number of nitrogens with zero attached hydrogens (tertiary/aromatic N) is 2. The molecule has 1 fully saturated rings. The van der Waals surface area contributed by atoms with Crippen molar-refractivity contribution in [2.45, 2.75) is 26.2 Å². The number of aliphatic hydroxyl groups is 1. The van der Waals surface area contributed by atoms with Crippen LogP contribution >= 0.6 is 0 Å². The number of nitrogens with one attached hydrogen (secondary N) is 2. The highest BCUT2D eigenvalue weighted by Gasteiger charge is 2.34. The number of ether oxygens (including phenoxy) is 1. The maximum atomic E-state index is 11.7. The minimum Gasteiger partial charge on any atom is -0.396 e. The zero-order chi connectivity index (χ0) is 16.4. The van der Waals surface area contributed by atoms with Gasteiger partial charge in [0, 0.05) is 45.8 Å². The lowest BCUT2D eigenvalue weighted by molar-refractivity contribution is -0.127. The fourth-order valence-electron chi connectivity index (χ4n) is 2.29. The van der Waals surface area contributed by atoms with Crippen molar-refractivity contribution in [1.82, 2.24) is 15.5 Å². The van der Waals surface area contributed by atoms with Gasteiger partial charge in [-0.3, -0.25) is 4.79 Å². The number of hydrogen-bond donors (Lipinski definition) is 3. The summed E-state index contributed by atoms with van der Waals surface area (Å²) >= 11 is 0. The molecule has 22 heavy (non-hydrogen) atoms. The Morgan fingerprint density at radius 3 is 2.73 bits per heavy atom. The zero-order valence-electron chi connectivity index (χ0n) is 14.0. The molecule has 128 valence electrons. The molecule has 1 saturated heterocycles. The van der Waals surface area contributed by atoms with Crippen molar-refractivity contribution in [2.75, 3.05) is 53.6 Å². The van der Waals surface area contributed by atoms with Crippen LogP contribution < -0.4 is 10.6 Å². The van der Waals surface area contributed by atoms with Gasteiger partial charge in [0.15, 0.2) is 5.96 Å². The van der Waals surface area contributed by atoms with E-state index in [1.807, 2.05) is 0 Å². The Kier molecular flexibility index (Phi) is 8.19. The van der Waals surface area contributed by atoms with E-state index in [1.165, 1.54) is 4.90 Å². The van der Waals surface area contributed by atoms with Crippen molar-refractivity contribution in [1.29, 1.82) is 0 Å². The van der Waals surface area contributed by atoms with E-state index in [-0.39, 0.29) is 24.5 Å². The normalized spacial score (nSPS) is 21.7. The van der Waals surface area contributed by atoms with Crippen molar-refractivity contribution in [3.05, 3.63) is 0 Å². The van der Waals surface area contributed by atoms with Crippen LogP contribution in [0, 0.1) is 5.41 Å². The molecule has 1 aliphatic heterocycles. The second-order valence-electron chi connectivity index (χ2n) is 6.01. The number of hydrogen-bond acceptors (Lipinski definition) is 4. The van der Waals surface area contributed by atoms with Crippen LogP contribution in [0.1, 0.15) is 26.2 Å². The highest BCUT2D eigenvalue weighted by Crippen LogP contribution is 2.31. The minimum absolute atomic E-state index is 0.0353. The molecule has 0 aromatic carbocycles. The second kappa shape index (κ2) is 9.63. The van der Waals surface area contributed by atoms with Crippen LogP contribution in [0.15, 0.2) is 4.99 Å². The molecule has 0 aromatic heterocycles. The van der Waals surface area contributed by atoms with Gasteiger partial charge >= 0.3 is 0 Å². The van der Waals surface area contributed by atoms with Gasteiger partial charge in [0.2, 0.25) is 5.91 Å². The van der Waals surface area contributed by atoms with Crippen LogP contribution in [0.25, 0.3) is 0 Å². The van der Waals surface area contributed by atoms with Gasteiger partial charge in [0.05, 0.1) is 6.61 Å². The number of aliphatic imine (C=N–C) groups is 1. The second-order valence-corrected chi connectivity index (χ2v) is 6.01. The molecule has 3 N–H and O–H groups in total. The van der Waals surface area contributed by atoms with Crippen LogP contribution in [0.4, 0.5) is 0 Å². The van der Waals surface area contributed by atoms with Gasteiger partial charge in [-0.05, 0) is 19.3 Å². The maximum Gasteiger partial charge on any atom is 0.243 e. The average Bonchev–Trinajstić information content (AvgIpc) is 2.95. The van der Waals surface area contributed by atoms with Crippen molar-refractivity contribution < 1.29 is 14.6 Å². The first-order valence-electron chi connectivity index (χ1n) is 7.94. The Morgan fingerprint density at radius 2 is 2.18 bits per heavy atom. The highest BCUT2D eigenvalue weighted by atomic mass is 16.5. The van der Waals surface area contributed by atoms with Gasteiger partial charge in [0.1, 0.15) is 6.54 Å². The van der Waals surface area contributed by atoms with Crippen molar-refractivity contribution in [3.63, 3.8) is 0 Å². The van der Waals surface area contributed by atoms with Gasteiger partial charge in [-0.25, -0.2) is 4.99 Å². The fourth-order valence-corrected chi connectivity index (χ4v) is 2.29. The fraction of sp³-hybridized carbons (Fsp3) is 0.867. The van der Waals surface area contributed by atoms with E-state index in [0.29, 0.717) is 25.5 Å². The Balaban J connectivity index is 2.59. The third kappa shape index (κ3) is 6.19. The molecule has 0 saturated carbocycles. The number of likely N-dealkylation sites (N-methyl/N-ethyl adjacent to an activating group) is 1. The van der Waals surface area contributed by atoms with Gasteiger partial charge < -0.3 is 25.4 Å².